The molecule has 1 aromatic rings. The minimum Gasteiger partial charge on any atom is -0.476 e. The standard InChI is InChI=1S/C10H17N3O/c1-4-10(3,11)6-14-9-5-8(2)12-7-13-9/h5,7H,4,6,11H2,1-3H3. The van der Waals surface area contributed by atoms with E-state index in [2.05, 4.69) is 9.97 Å². The van der Waals surface area contributed by atoms with Crippen LogP contribution in [0.15, 0.2) is 12.4 Å². The van der Waals surface area contributed by atoms with Crippen LogP contribution in [0, 0.1) is 6.92 Å². The Labute approximate surface area is 84.5 Å². The zero-order chi connectivity index (χ0) is 10.6. The quantitative estimate of drug-likeness (QED) is 0.786. The number of nitrogens with zero attached hydrogens (tertiary/aromatic N) is 2. The largest absolute Gasteiger partial charge is 0.476 e. The minimum absolute atomic E-state index is 0.293. The van der Waals surface area contributed by atoms with Crippen LogP contribution in [-0.4, -0.2) is 22.1 Å². The lowest BCUT2D eigenvalue weighted by atomic mass is 10.0. The van der Waals surface area contributed by atoms with Gasteiger partial charge in [0.15, 0.2) is 0 Å². The van der Waals surface area contributed by atoms with Gasteiger partial charge in [-0.25, -0.2) is 9.97 Å². The highest BCUT2D eigenvalue weighted by molar-refractivity contribution is 5.12. The van der Waals surface area contributed by atoms with E-state index in [1.807, 2.05) is 20.8 Å². The average molecular weight is 195 g/mol. The first-order valence-electron chi connectivity index (χ1n) is 4.74. The molecule has 1 atom stereocenters. The first kappa shape index (κ1) is 10.9. The van der Waals surface area contributed by atoms with Gasteiger partial charge in [-0.1, -0.05) is 6.92 Å². The highest BCUT2D eigenvalue weighted by atomic mass is 16.5. The summed E-state index contributed by atoms with van der Waals surface area (Å²) in [5.41, 5.74) is 6.53. The summed E-state index contributed by atoms with van der Waals surface area (Å²) >= 11 is 0. The van der Waals surface area contributed by atoms with Gasteiger partial charge >= 0.3 is 0 Å². The van der Waals surface area contributed by atoms with Crippen molar-refractivity contribution >= 4 is 0 Å². The zero-order valence-electron chi connectivity index (χ0n) is 8.95. The third kappa shape index (κ3) is 3.30. The molecule has 4 heteroatoms. The predicted octanol–water partition coefficient (Wildman–Crippen LogP) is 1.29. The number of aryl methyl sites for hydroxylation is 1. The van der Waals surface area contributed by atoms with E-state index >= 15 is 0 Å². The SMILES string of the molecule is CCC(C)(N)COc1cc(C)ncn1. The van der Waals surface area contributed by atoms with Crippen LogP contribution in [0.3, 0.4) is 0 Å². The van der Waals surface area contributed by atoms with Crippen LogP contribution < -0.4 is 10.5 Å². The molecule has 4 nitrogen and oxygen atoms in total. The summed E-state index contributed by atoms with van der Waals surface area (Å²) in [6.45, 7) is 6.37. The van der Waals surface area contributed by atoms with Crippen molar-refractivity contribution < 1.29 is 4.74 Å². The van der Waals surface area contributed by atoms with Crippen LogP contribution in [0.5, 0.6) is 5.88 Å². The molecule has 0 radical (unpaired) electrons. The molecule has 1 heterocycles. The number of rotatable bonds is 4. The lowest BCUT2D eigenvalue weighted by Gasteiger charge is -2.22. The van der Waals surface area contributed by atoms with E-state index in [1.54, 1.807) is 6.07 Å². The number of ether oxygens (including phenoxy) is 1. The number of nitrogens with two attached hydrogens (primary N) is 1. The lowest BCUT2D eigenvalue weighted by molar-refractivity contribution is 0.218. The van der Waals surface area contributed by atoms with Gasteiger partial charge < -0.3 is 10.5 Å². The number of hydrogen-bond acceptors (Lipinski definition) is 4. The van der Waals surface area contributed by atoms with E-state index in [4.69, 9.17) is 10.5 Å². The summed E-state index contributed by atoms with van der Waals surface area (Å²) in [5, 5.41) is 0. The van der Waals surface area contributed by atoms with Gasteiger partial charge in [0.25, 0.3) is 0 Å². The maximum absolute atomic E-state index is 5.93. The molecular weight excluding hydrogens is 178 g/mol. The van der Waals surface area contributed by atoms with E-state index in [1.165, 1.54) is 6.33 Å². The van der Waals surface area contributed by atoms with Crippen molar-refractivity contribution in [1.82, 2.24) is 9.97 Å². The highest BCUT2D eigenvalue weighted by Gasteiger charge is 2.16. The molecule has 0 fully saturated rings. The van der Waals surface area contributed by atoms with E-state index in [-0.39, 0.29) is 5.54 Å². The first-order chi connectivity index (χ1) is 6.53. The molecule has 78 valence electrons. The third-order valence-electron chi connectivity index (χ3n) is 2.14. The highest BCUT2D eigenvalue weighted by Crippen LogP contribution is 2.10. The summed E-state index contributed by atoms with van der Waals surface area (Å²) in [6.07, 6.45) is 2.36. The monoisotopic (exact) mass is 195 g/mol. The fraction of sp³-hybridized carbons (Fsp3) is 0.600. The smallest absolute Gasteiger partial charge is 0.216 e. The van der Waals surface area contributed by atoms with Gasteiger partial charge in [-0.05, 0) is 20.3 Å². The van der Waals surface area contributed by atoms with Gasteiger partial charge in [0.05, 0.1) is 0 Å². The molecule has 0 aliphatic heterocycles. The Morgan fingerprint density at radius 1 is 1.50 bits per heavy atom. The van der Waals surface area contributed by atoms with E-state index < -0.39 is 0 Å². The third-order valence-corrected chi connectivity index (χ3v) is 2.14. The van der Waals surface area contributed by atoms with Gasteiger partial charge in [0, 0.05) is 17.3 Å². The fourth-order valence-corrected chi connectivity index (χ4v) is 0.850. The summed E-state index contributed by atoms with van der Waals surface area (Å²) in [6, 6.07) is 1.80. The Morgan fingerprint density at radius 3 is 2.79 bits per heavy atom. The molecule has 0 aromatic carbocycles. The molecule has 0 aliphatic carbocycles. The molecule has 1 aromatic heterocycles. The Morgan fingerprint density at radius 2 is 2.21 bits per heavy atom. The Balaban J connectivity index is 2.54. The van der Waals surface area contributed by atoms with Gasteiger partial charge in [-0.15, -0.1) is 0 Å². The van der Waals surface area contributed by atoms with E-state index in [0.717, 1.165) is 12.1 Å². The van der Waals surface area contributed by atoms with E-state index in [9.17, 15) is 0 Å². The molecule has 0 saturated carbocycles. The van der Waals surface area contributed by atoms with Crippen molar-refractivity contribution in [2.45, 2.75) is 32.7 Å². The van der Waals surface area contributed by atoms with Crippen LogP contribution >= 0.6 is 0 Å². The van der Waals surface area contributed by atoms with Crippen molar-refractivity contribution in [3.63, 3.8) is 0 Å². The lowest BCUT2D eigenvalue weighted by Crippen LogP contribution is -2.41. The molecule has 1 rings (SSSR count). The summed E-state index contributed by atoms with van der Waals surface area (Å²) < 4.78 is 5.47. The average Bonchev–Trinajstić information content (AvgIpc) is 2.15. The van der Waals surface area contributed by atoms with Gasteiger partial charge in [0.1, 0.15) is 12.9 Å². The zero-order valence-corrected chi connectivity index (χ0v) is 8.95. The van der Waals surface area contributed by atoms with Gasteiger partial charge in [-0.2, -0.15) is 0 Å². The summed E-state index contributed by atoms with van der Waals surface area (Å²) in [5.74, 6) is 0.586. The molecule has 0 bridgehead atoms. The molecule has 1 unspecified atom stereocenters. The van der Waals surface area contributed by atoms with Crippen molar-refractivity contribution in [3.05, 3.63) is 18.1 Å². The molecule has 2 N–H and O–H groups in total. The normalized spacial score (nSPS) is 14.9. The topological polar surface area (TPSA) is 61.0 Å². The van der Waals surface area contributed by atoms with Crippen LogP contribution in [0.2, 0.25) is 0 Å². The molecule has 0 aliphatic rings. The second-order valence-electron chi connectivity index (χ2n) is 3.79. The van der Waals surface area contributed by atoms with E-state index in [0.29, 0.717) is 12.5 Å². The molecular formula is C10H17N3O. The molecule has 14 heavy (non-hydrogen) atoms. The summed E-state index contributed by atoms with van der Waals surface area (Å²) in [4.78, 5) is 7.97. The van der Waals surface area contributed by atoms with Crippen LogP contribution in [-0.2, 0) is 0 Å². The Bertz CT molecular complexity index is 299. The van der Waals surface area contributed by atoms with Crippen molar-refractivity contribution in [3.8, 4) is 5.88 Å². The number of hydrogen-bond donors (Lipinski definition) is 1. The molecule has 0 amide bonds. The molecule has 0 saturated heterocycles. The maximum atomic E-state index is 5.93. The van der Waals surface area contributed by atoms with Crippen molar-refractivity contribution in [2.24, 2.45) is 5.73 Å². The second kappa shape index (κ2) is 4.37. The van der Waals surface area contributed by atoms with Crippen LogP contribution in [0.1, 0.15) is 26.0 Å². The first-order valence-corrected chi connectivity index (χ1v) is 4.74. The number of aromatic nitrogens is 2. The maximum Gasteiger partial charge on any atom is 0.216 e. The minimum atomic E-state index is -0.293. The fourth-order valence-electron chi connectivity index (χ4n) is 0.850. The van der Waals surface area contributed by atoms with Crippen molar-refractivity contribution in [2.75, 3.05) is 6.61 Å². The van der Waals surface area contributed by atoms with Crippen molar-refractivity contribution in [1.29, 1.82) is 0 Å². The van der Waals surface area contributed by atoms with Crippen LogP contribution in [0.4, 0.5) is 0 Å². The van der Waals surface area contributed by atoms with Gasteiger partial charge in [0.2, 0.25) is 5.88 Å². The van der Waals surface area contributed by atoms with Gasteiger partial charge in [-0.3, -0.25) is 0 Å². The van der Waals surface area contributed by atoms with Crippen LogP contribution in [0.25, 0.3) is 0 Å². The molecule has 0 spiro atoms. The predicted molar refractivity (Wildman–Crippen MR) is 55.1 cm³/mol. The Kier molecular flexibility index (Phi) is 3.41. The second-order valence-corrected chi connectivity index (χ2v) is 3.79. The summed E-state index contributed by atoms with van der Waals surface area (Å²) in [7, 11) is 0. The Hall–Kier alpha value is -1.16.